The topological polar surface area (TPSA) is 58.5 Å². The normalized spacial score (nSPS) is 11.4. The quantitative estimate of drug-likeness (QED) is 0.171. The summed E-state index contributed by atoms with van der Waals surface area (Å²) >= 11 is 0. The SMILES string of the molecule is Cc1ccc(N(c2ccc3cc4c5ccc(N(c6ccc(C)cc6)c6ccccc6C#N)cc5n5c6ccc(F)cc6c(c3c2)c45)c2ccccc2C#N)cc1. The molecular weight excluding hydrogens is 690 g/mol. The number of fused-ring (bicyclic) bond motifs is 8. The third kappa shape index (κ3) is 5.05. The van der Waals surface area contributed by atoms with E-state index in [4.69, 9.17) is 0 Å². The third-order valence-electron chi connectivity index (χ3n) is 10.9. The van der Waals surface area contributed by atoms with Gasteiger partial charge in [-0.15, -0.1) is 0 Å². The van der Waals surface area contributed by atoms with Crippen LogP contribution >= 0.6 is 0 Å². The van der Waals surface area contributed by atoms with Gasteiger partial charge in [0.1, 0.15) is 18.0 Å². The van der Waals surface area contributed by atoms with Crippen molar-refractivity contribution in [1.29, 1.82) is 10.5 Å². The maximum atomic E-state index is 15.3. The molecule has 10 aromatic rings. The summed E-state index contributed by atoms with van der Waals surface area (Å²) in [5, 5.41) is 26.3. The highest BCUT2D eigenvalue weighted by atomic mass is 19.1. The van der Waals surface area contributed by atoms with Crippen LogP contribution in [0.15, 0.2) is 158 Å². The number of rotatable bonds is 6. The fourth-order valence-electron chi connectivity index (χ4n) is 8.34. The molecule has 2 heterocycles. The number of aryl methyl sites for hydroxylation is 2. The van der Waals surface area contributed by atoms with Gasteiger partial charge in [0, 0.05) is 44.3 Å². The molecule has 0 aliphatic heterocycles. The van der Waals surface area contributed by atoms with Gasteiger partial charge < -0.3 is 14.2 Å². The van der Waals surface area contributed by atoms with Crippen LogP contribution in [0.3, 0.4) is 0 Å². The molecule has 6 heteroatoms. The van der Waals surface area contributed by atoms with E-state index < -0.39 is 0 Å². The lowest BCUT2D eigenvalue weighted by Gasteiger charge is -2.27. The van der Waals surface area contributed by atoms with Crippen LogP contribution in [-0.2, 0) is 0 Å². The van der Waals surface area contributed by atoms with Gasteiger partial charge in [0.2, 0.25) is 0 Å². The minimum Gasteiger partial charge on any atom is -0.309 e. The molecule has 0 amide bonds. The average molecular weight is 722 g/mol. The van der Waals surface area contributed by atoms with Crippen molar-refractivity contribution in [2.75, 3.05) is 9.80 Å². The van der Waals surface area contributed by atoms with Gasteiger partial charge in [-0.3, -0.25) is 0 Å². The zero-order valence-corrected chi connectivity index (χ0v) is 30.6. The number of nitriles is 2. The molecule has 56 heavy (non-hydrogen) atoms. The van der Waals surface area contributed by atoms with Gasteiger partial charge in [-0.25, -0.2) is 4.39 Å². The predicted octanol–water partition coefficient (Wildman–Crippen LogP) is 13.4. The van der Waals surface area contributed by atoms with Gasteiger partial charge in [-0.2, -0.15) is 10.5 Å². The van der Waals surface area contributed by atoms with Gasteiger partial charge in [-0.05, 0) is 122 Å². The van der Waals surface area contributed by atoms with Crippen molar-refractivity contribution in [3.63, 3.8) is 0 Å². The van der Waals surface area contributed by atoms with Crippen molar-refractivity contribution in [3.8, 4) is 12.1 Å². The second kappa shape index (κ2) is 12.7. The number of nitrogens with zero attached hydrogens (tertiary/aromatic N) is 5. The summed E-state index contributed by atoms with van der Waals surface area (Å²) in [6.07, 6.45) is 0. The number of anilines is 6. The highest BCUT2D eigenvalue weighted by Gasteiger charge is 2.24. The van der Waals surface area contributed by atoms with E-state index in [1.807, 2.05) is 54.6 Å². The van der Waals surface area contributed by atoms with Crippen molar-refractivity contribution in [2.45, 2.75) is 13.8 Å². The van der Waals surface area contributed by atoms with E-state index in [2.05, 4.69) is 131 Å². The molecule has 0 N–H and O–H groups in total. The monoisotopic (exact) mass is 721 g/mol. The average Bonchev–Trinajstić information content (AvgIpc) is 3.73. The Morgan fingerprint density at radius 2 is 1.04 bits per heavy atom. The molecule has 0 aliphatic carbocycles. The highest BCUT2D eigenvalue weighted by molar-refractivity contribution is 6.31. The second-order valence-corrected chi connectivity index (χ2v) is 14.4. The standard InChI is InChI=1S/C50H32FN5/c1-31-11-17-37(18-12-31)54(45-9-5-3-7-34(45)29-52)39-21-15-33-25-43-41-23-22-40(55(38-19-13-32(2)14-20-38)46-10-6-4-8-35(46)30-53)28-48(41)56-47-24-16-36(51)26-44(47)49(50(43)56)42(33)27-39/h3-28H,1-2H3. The van der Waals surface area contributed by atoms with E-state index in [0.717, 1.165) is 94.1 Å². The Morgan fingerprint density at radius 1 is 0.482 bits per heavy atom. The Balaban J connectivity index is 1.26. The summed E-state index contributed by atoms with van der Waals surface area (Å²) in [6.45, 7) is 4.12. The molecule has 0 atom stereocenters. The second-order valence-electron chi connectivity index (χ2n) is 14.4. The Hall–Kier alpha value is -7.67. The van der Waals surface area contributed by atoms with E-state index in [0.29, 0.717) is 11.1 Å². The maximum Gasteiger partial charge on any atom is 0.123 e. The van der Waals surface area contributed by atoms with E-state index >= 15 is 4.39 Å². The lowest BCUT2D eigenvalue weighted by molar-refractivity contribution is 0.630. The van der Waals surface area contributed by atoms with Gasteiger partial charge in [0.05, 0.1) is 39.1 Å². The van der Waals surface area contributed by atoms with Crippen molar-refractivity contribution in [1.82, 2.24) is 4.40 Å². The molecule has 0 bridgehead atoms. The molecule has 0 fully saturated rings. The number of aromatic nitrogens is 1. The molecule has 0 saturated carbocycles. The van der Waals surface area contributed by atoms with Crippen LogP contribution in [0.4, 0.5) is 38.5 Å². The van der Waals surface area contributed by atoms with Crippen molar-refractivity contribution in [3.05, 3.63) is 186 Å². The number of halogens is 1. The zero-order chi connectivity index (χ0) is 38.1. The van der Waals surface area contributed by atoms with Crippen LogP contribution in [0.2, 0.25) is 0 Å². The lowest BCUT2D eigenvalue weighted by Crippen LogP contribution is -2.11. The molecule has 264 valence electrons. The molecule has 0 unspecified atom stereocenters. The van der Waals surface area contributed by atoms with Gasteiger partial charge >= 0.3 is 0 Å². The summed E-state index contributed by atoms with van der Waals surface area (Å²) in [7, 11) is 0. The van der Waals surface area contributed by atoms with Crippen LogP contribution < -0.4 is 9.80 Å². The Bertz CT molecular complexity index is 3260. The van der Waals surface area contributed by atoms with E-state index in [1.165, 1.54) is 6.07 Å². The maximum absolute atomic E-state index is 15.3. The minimum atomic E-state index is -0.302. The Kier molecular flexibility index (Phi) is 7.49. The van der Waals surface area contributed by atoms with Crippen molar-refractivity contribution in [2.24, 2.45) is 0 Å². The first-order chi connectivity index (χ1) is 27.4. The fraction of sp³-hybridized carbons (Fsp3) is 0.0400. The van der Waals surface area contributed by atoms with Crippen LogP contribution in [0.1, 0.15) is 22.3 Å². The summed E-state index contributed by atoms with van der Waals surface area (Å²) in [4.78, 5) is 4.25. The molecule has 0 aliphatic rings. The molecule has 5 nitrogen and oxygen atoms in total. The molecule has 0 spiro atoms. The first kappa shape index (κ1) is 32.9. The van der Waals surface area contributed by atoms with Gasteiger partial charge in [0.25, 0.3) is 0 Å². The summed E-state index contributed by atoms with van der Waals surface area (Å²) < 4.78 is 17.6. The largest absolute Gasteiger partial charge is 0.309 e. The Labute approximate surface area is 322 Å². The number of benzene rings is 8. The fourth-order valence-corrected chi connectivity index (χ4v) is 8.34. The molecule has 0 saturated heterocycles. The molecule has 8 aromatic carbocycles. The van der Waals surface area contributed by atoms with Gasteiger partial charge in [0.15, 0.2) is 0 Å². The number of hydrogen-bond acceptors (Lipinski definition) is 4. The Morgan fingerprint density at radius 3 is 1.64 bits per heavy atom. The molecule has 10 rings (SSSR count). The number of hydrogen-bond donors (Lipinski definition) is 0. The summed E-state index contributed by atoms with van der Waals surface area (Å²) in [5.41, 5.74) is 11.5. The first-order valence-electron chi connectivity index (χ1n) is 18.5. The molecule has 0 radical (unpaired) electrons. The highest BCUT2D eigenvalue weighted by Crippen LogP contribution is 2.47. The van der Waals surface area contributed by atoms with Crippen molar-refractivity contribution >= 4 is 83.0 Å². The molecule has 2 aromatic heterocycles. The summed E-state index contributed by atoms with van der Waals surface area (Å²) in [5.74, 6) is -0.302. The van der Waals surface area contributed by atoms with Crippen LogP contribution in [-0.4, -0.2) is 4.40 Å². The van der Waals surface area contributed by atoms with E-state index in [9.17, 15) is 10.5 Å². The van der Waals surface area contributed by atoms with Crippen LogP contribution in [0.5, 0.6) is 0 Å². The zero-order valence-electron chi connectivity index (χ0n) is 30.6. The third-order valence-corrected chi connectivity index (χ3v) is 10.9. The predicted molar refractivity (Wildman–Crippen MR) is 227 cm³/mol. The van der Waals surface area contributed by atoms with Crippen LogP contribution in [0.25, 0.3) is 48.9 Å². The van der Waals surface area contributed by atoms with Gasteiger partial charge in [-0.1, -0.05) is 71.8 Å². The number of para-hydroxylation sites is 2. The lowest BCUT2D eigenvalue weighted by atomic mass is 9.98. The first-order valence-corrected chi connectivity index (χ1v) is 18.5. The van der Waals surface area contributed by atoms with E-state index in [1.54, 1.807) is 6.07 Å². The van der Waals surface area contributed by atoms with E-state index in [-0.39, 0.29) is 5.82 Å². The molecular formula is C50H32FN5. The minimum absolute atomic E-state index is 0.302. The smallest absolute Gasteiger partial charge is 0.123 e. The summed E-state index contributed by atoms with van der Waals surface area (Å²) in [6, 6.07) is 56.8. The van der Waals surface area contributed by atoms with Crippen molar-refractivity contribution < 1.29 is 4.39 Å². The van der Waals surface area contributed by atoms with Crippen LogP contribution in [0, 0.1) is 42.3 Å².